The molecule has 7 heteroatoms. The summed E-state index contributed by atoms with van der Waals surface area (Å²) in [4.78, 5) is 21.7. The van der Waals surface area contributed by atoms with Crippen molar-refractivity contribution < 1.29 is 24.2 Å². The van der Waals surface area contributed by atoms with Crippen molar-refractivity contribution in [3.63, 3.8) is 0 Å². The van der Waals surface area contributed by atoms with Gasteiger partial charge in [-0.25, -0.2) is 4.79 Å². The van der Waals surface area contributed by atoms with E-state index in [0.29, 0.717) is 24.7 Å². The van der Waals surface area contributed by atoms with Crippen LogP contribution in [0.1, 0.15) is 6.42 Å². The third-order valence-corrected chi connectivity index (χ3v) is 2.29. The van der Waals surface area contributed by atoms with Gasteiger partial charge in [-0.1, -0.05) is 0 Å². The summed E-state index contributed by atoms with van der Waals surface area (Å²) in [5.41, 5.74) is 0.594. The Morgan fingerprint density at radius 2 is 1.90 bits per heavy atom. The summed E-state index contributed by atoms with van der Waals surface area (Å²) in [6, 6.07) is 6.39. The van der Waals surface area contributed by atoms with Crippen molar-refractivity contribution in [2.45, 2.75) is 6.42 Å². The first kappa shape index (κ1) is 15.8. The summed E-state index contributed by atoms with van der Waals surface area (Å²) in [6.45, 7) is 1.05. The Hall–Kier alpha value is -2.28. The minimum Gasteiger partial charge on any atom is -0.491 e. The van der Waals surface area contributed by atoms with Crippen molar-refractivity contribution in [2.24, 2.45) is 0 Å². The first-order valence-corrected chi connectivity index (χ1v) is 6.10. The summed E-state index contributed by atoms with van der Waals surface area (Å²) in [5.74, 6) is -0.276. The molecule has 0 fully saturated rings. The molecule has 1 aromatic carbocycles. The van der Waals surface area contributed by atoms with E-state index >= 15 is 0 Å². The van der Waals surface area contributed by atoms with Crippen LogP contribution in [0, 0.1) is 0 Å². The Kier molecular flexibility index (Phi) is 6.91. The van der Waals surface area contributed by atoms with Crippen LogP contribution in [0.2, 0.25) is 0 Å². The fourth-order valence-electron chi connectivity index (χ4n) is 1.34. The predicted molar refractivity (Wildman–Crippen MR) is 73.1 cm³/mol. The van der Waals surface area contributed by atoms with E-state index in [9.17, 15) is 9.59 Å². The third-order valence-electron chi connectivity index (χ3n) is 2.29. The van der Waals surface area contributed by atoms with Crippen LogP contribution in [-0.4, -0.2) is 44.0 Å². The fourth-order valence-corrected chi connectivity index (χ4v) is 1.34. The van der Waals surface area contributed by atoms with Crippen LogP contribution in [0.3, 0.4) is 0 Å². The zero-order chi connectivity index (χ0) is 14.8. The molecule has 3 N–H and O–H groups in total. The molecule has 0 saturated carbocycles. The van der Waals surface area contributed by atoms with E-state index in [1.54, 1.807) is 31.4 Å². The quantitative estimate of drug-likeness (QED) is 0.625. The molecule has 2 amide bonds. The first-order valence-electron chi connectivity index (χ1n) is 6.10. The molecule has 0 atom stereocenters. The summed E-state index contributed by atoms with van der Waals surface area (Å²) in [6.07, 6.45) is -0.111. The van der Waals surface area contributed by atoms with Gasteiger partial charge in [0.2, 0.25) is 0 Å². The highest BCUT2D eigenvalue weighted by atomic mass is 16.5. The standard InChI is InChI=1S/C13H18N2O5/c1-19-8-9-20-11-4-2-10(3-5-11)15-13(18)14-7-6-12(16)17/h2-5H,6-9H2,1H3,(H,16,17)(H2,14,15,18). The lowest BCUT2D eigenvalue weighted by molar-refractivity contribution is -0.136. The molecule has 0 unspecified atom stereocenters. The number of hydrogen-bond donors (Lipinski definition) is 3. The number of carbonyl (C=O) groups is 2. The van der Waals surface area contributed by atoms with E-state index in [-0.39, 0.29) is 13.0 Å². The minimum absolute atomic E-state index is 0.0827. The number of methoxy groups -OCH3 is 1. The zero-order valence-electron chi connectivity index (χ0n) is 11.2. The lowest BCUT2D eigenvalue weighted by Crippen LogP contribution is -2.30. The summed E-state index contributed by atoms with van der Waals surface area (Å²) < 4.78 is 10.2. The molecule has 7 nitrogen and oxygen atoms in total. The van der Waals surface area contributed by atoms with Crippen molar-refractivity contribution in [3.8, 4) is 5.75 Å². The SMILES string of the molecule is COCCOc1ccc(NC(=O)NCCC(=O)O)cc1. The Morgan fingerprint density at radius 3 is 2.50 bits per heavy atom. The molecule has 20 heavy (non-hydrogen) atoms. The van der Waals surface area contributed by atoms with Gasteiger partial charge in [-0.2, -0.15) is 0 Å². The average Bonchev–Trinajstić information content (AvgIpc) is 2.40. The van der Waals surface area contributed by atoms with E-state index in [0.717, 1.165) is 0 Å². The van der Waals surface area contributed by atoms with Crippen molar-refractivity contribution in [2.75, 3.05) is 32.2 Å². The van der Waals surface area contributed by atoms with Crippen LogP contribution < -0.4 is 15.4 Å². The number of ether oxygens (including phenoxy) is 2. The van der Waals surface area contributed by atoms with Gasteiger partial charge in [0.1, 0.15) is 12.4 Å². The topological polar surface area (TPSA) is 96.9 Å². The molecule has 0 aliphatic rings. The molecule has 0 aliphatic carbocycles. The molecular weight excluding hydrogens is 264 g/mol. The van der Waals surface area contributed by atoms with Crippen molar-refractivity contribution in [3.05, 3.63) is 24.3 Å². The van der Waals surface area contributed by atoms with Gasteiger partial charge >= 0.3 is 12.0 Å². The normalized spacial score (nSPS) is 9.85. The Morgan fingerprint density at radius 1 is 1.20 bits per heavy atom. The van der Waals surface area contributed by atoms with Crippen LogP contribution >= 0.6 is 0 Å². The number of carboxylic acid groups (broad SMARTS) is 1. The van der Waals surface area contributed by atoms with Crippen LogP contribution in [-0.2, 0) is 9.53 Å². The highest BCUT2D eigenvalue weighted by Crippen LogP contribution is 2.15. The number of rotatable bonds is 8. The number of nitrogens with one attached hydrogen (secondary N) is 2. The van der Waals surface area contributed by atoms with Crippen molar-refractivity contribution in [1.82, 2.24) is 5.32 Å². The highest BCUT2D eigenvalue weighted by Gasteiger charge is 2.03. The molecule has 0 saturated heterocycles. The lowest BCUT2D eigenvalue weighted by Gasteiger charge is -2.08. The average molecular weight is 282 g/mol. The highest BCUT2D eigenvalue weighted by molar-refractivity contribution is 5.89. The monoisotopic (exact) mass is 282 g/mol. The maximum Gasteiger partial charge on any atom is 0.319 e. The van der Waals surface area contributed by atoms with Gasteiger partial charge in [0.05, 0.1) is 13.0 Å². The van der Waals surface area contributed by atoms with Gasteiger partial charge < -0.3 is 25.2 Å². The molecule has 0 radical (unpaired) electrons. The third kappa shape index (κ3) is 6.60. The molecule has 0 bridgehead atoms. The number of carboxylic acids is 1. The second-order valence-corrected chi connectivity index (χ2v) is 3.89. The Labute approximate surface area is 116 Å². The summed E-state index contributed by atoms with van der Waals surface area (Å²) in [7, 11) is 1.60. The first-order chi connectivity index (χ1) is 9.61. The largest absolute Gasteiger partial charge is 0.491 e. The second kappa shape index (κ2) is 8.76. The van der Waals surface area contributed by atoms with E-state index in [1.165, 1.54) is 0 Å². The fraction of sp³-hybridized carbons (Fsp3) is 0.385. The number of hydrogen-bond acceptors (Lipinski definition) is 4. The van der Waals surface area contributed by atoms with Crippen molar-refractivity contribution >= 4 is 17.7 Å². The number of aliphatic carboxylic acids is 1. The molecule has 0 aromatic heterocycles. The van der Waals surface area contributed by atoms with Gasteiger partial charge in [0.15, 0.2) is 0 Å². The maximum atomic E-state index is 11.4. The number of amides is 2. The van der Waals surface area contributed by atoms with Gasteiger partial charge in [-0.3, -0.25) is 4.79 Å². The smallest absolute Gasteiger partial charge is 0.319 e. The van der Waals surface area contributed by atoms with Crippen LogP contribution in [0.25, 0.3) is 0 Å². The Balaban J connectivity index is 2.33. The molecule has 110 valence electrons. The number of carbonyl (C=O) groups excluding carboxylic acids is 1. The van der Waals surface area contributed by atoms with E-state index in [2.05, 4.69) is 10.6 Å². The Bertz CT molecular complexity index is 433. The van der Waals surface area contributed by atoms with Crippen LogP contribution in [0.5, 0.6) is 5.75 Å². The molecular formula is C13H18N2O5. The van der Waals surface area contributed by atoms with E-state index in [1.807, 2.05) is 0 Å². The van der Waals surface area contributed by atoms with E-state index < -0.39 is 12.0 Å². The second-order valence-electron chi connectivity index (χ2n) is 3.89. The van der Waals surface area contributed by atoms with Gasteiger partial charge in [-0.15, -0.1) is 0 Å². The van der Waals surface area contributed by atoms with Crippen LogP contribution in [0.4, 0.5) is 10.5 Å². The van der Waals surface area contributed by atoms with Crippen molar-refractivity contribution in [1.29, 1.82) is 0 Å². The number of benzene rings is 1. The molecule has 0 spiro atoms. The molecule has 1 rings (SSSR count). The number of urea groups is 1. The summed E-state index contributed by atoms with van der Waals surface area (Å²) >= 11 is 0. The van der Waals surface area contributed by atoms with Crippen LogP contribution in [0.15, 0.2) is 24.3 Å². The molecule has 0 heterocycles. The summed E-state index contributed by atoms with van der Waals surface area (Å²) in [5, 5.41) is 13.5. The maximum absolute atomic E-state index is 11.4. The molecule has 1 aromatic rings. The number of anilines is 1. The van der Waals surface area contributed by atoms with Gasteiger partial charge in [0.25, 0.3) is 0 Å². The van der Waals surface area contributed by atoms with Gasteiger partial charge in [0, 0.05) is 19.3 Å². The zero-order valence-corrected chi connectivity index (χ0v) is 11.2. The predicted octanol–water partition coefficient (Wildman–Crippen LogP) is 1.31. The molecule has 0 aliphatic heterocycles. The lowest BCUT2D eigenvalue weighted by atomic mass is 10.3. The van der Waals surface area contributed by atoms with E-state index in [4.69, 9.17) is 14.6 Å². The minimum atomic E-state index is -0.956. The van der Waals surface area contributed by atoms with Gasteiger partial charge in [-0.05, 0) is 24.3 Å².